The minimum atomic E-state index is 0.184. The van der Waals surface area contributed by atoms with Gasteiger partial charge < -0.3 is 4.74 Å². The van der Waals surface area contributed by atoms with Crippen LogP contribution in [0.25, 0.3) is 0 Å². The summed E-state index contributed by atoms with van der Waals surface area (Å²) in [5, 5.41) is 0. The molecule has 0 spiro atoms. The van der Waals surface area contributed by atoms with Crippen molar-refractivity contribution in [3.8, 4) is 0 Å². The van der Waals surface area contributed by atoms with Crippen LogP contribution in [0.4, 0.5) is 0 Å². The van der Waals surface area contributed by atoms with Crippen LogP contribution in [0.5, 0.6) is 0 Å². The van der Waals surface area contributed by atoms with E-state index < -0.39 is 0 Å². The van der Waals surface area contributed by atoms with Gasteiger partial charge in [-0.3, -0.25) is 4.90 Å². The second kappa shape index (κ2) is 4.78. The van der Waals surface area contributed by atoms with E-state index in [1.165, 1.54) is 5.56 Å². The molecule has 1 unspecified atom stereocenters. The molecule has 0 saturated carbocycles. The smallest absolute Gasteiger partial charge is 0.0952 e. The van der Waals surface area contributed by atoms with Crippen LogP contribution in [0.3, 0.4) is 0 Å². The maximum absolute atomic E-state index is 5.80. The number of ether oxygens (including phenoxy) is 1. The van der Waals surface area contributed by atoms with Crippen LogP contribution in [0.1, 0.15) is 11.7 Å². The van der Waals surface area contributed by atoms with Gasteiger partial charge in [0.15, 0.2) is 0 Å². The van der Waals surface area contributed by atoms with E-state index >= 15 is 0 Å². The summed E-state index contributed by atoms with van der Waals surface area (Å²) in [4.78, 5) is 2.20. The zero-order valence-electron chi connectivity index (χ0n) is 8.03. The van der Waals surface area contributed by atoms with Gasteiger partial charge in [-0.05, 0) is 5.56 Å². The molecule has 1 aromatic rings. The molecule has 0 N–H and O–H groups in total. The molecule has 0 amide bonds. The Morgan fingerprint density at radius 1 is 1.36 bits per heavy atom. The molecule has 2 rings (SSSR count). The Morgan fingerprint density at radius 2 is 2.14 bits per heavy atom. The third kappa shape index (κ3) is 2.27. The predicted molar refractivity (Wildman–Crippen MR) is 57.4 cm³/mol. The van der Waals surface area contributed by atoms with E-state index in [0.29, 0.717) is 6.00 Å². The maximum Gasteiger partial charge on any atom is 0.0952 e. The van der Waals surface area contributed by atoms with Gasteiger partial charge in [0.05, 0.1) is 18.7 Å². The van der Waals surface area contributed by atoms with Gasteiger partial charge in [0.1, 0.15) is 0 Å². The Balaban J connectivity index is 2.04. The first kappa shape index (κ1) is 9.97. The standard InChI is InChI=1S/C11H14ClNO/c12-9-13-6-7-14-11(8-13)10-4-2-1-3-5-10/h1-5,11H,6-9H2. The highest BCUT2D eigenvalue weighted by Crippen LogP contribution is 2.21. The molecule has 1 fully saturated rings. The fourth-order valence-corrected chi connectivity index (χ4v) is 1.90. The van der Waals surface area contributed by atoms with E-state index in [-0.39, 0.29) is 6.10 Å². The molecule has 1 aromatic carbocycles. The Hall–Kier alpha value is -0.570. The first-order valence-electron chi connectivity index (χ1n) is 4.85. The minimum Gasteiger partial charge on any atom is -0.371 e. The van der Waals surface area contributed by atoms with E-state index in [0.717, 1.165) is 19.7 Å². The molecule has 1 aliphatic heterocycles. The van der Waals surface area contributed by atoms with Crippen LogP contribution in [0, 0.1) is 0 Å². The van der Waals surface area contributed by atoms with Crippen molar-refractivity contribution in [3.05, 3.63) is 35.9 Å². The second-order valence-electron chi connectivity index (χ2n) is 3.47. The lowest BCUT2D eigenvalue weighted by atomic mass is 10.1. The Bertz CT molecular complexity index is 278. The lowest BCUT2D eigenvalue weighted by Gasteiger charge is -2.31. The molecular formula is C11H14ClNO. The number of hydrogen-bond acceptors (Lipinski definition) is 2. The van der Waals surface area contributed by atoms with Crippen molar-refractivity contribution >= 4 is 11.6 Å². The number of halogens is 1. The summed E-state index contributed by atoms with van der Waals surface area (Å²) in [6, 6.07) is 10.9. The second-order valence-corrected chi connectivity index (χ2v) is 3.71. The van der Waals surface area contributed by atoms with Gasteiger partial charge in [-0.25, -0.2) is 0 Å². The van der Waals surface area contributed by atoms with Crippen molar-refractivity contribution in [3.63, 3.8) is 0 Å². The average Bonchev–Trinajstić information content (AvgIpc) is 2.30. The molecule has 0 bridgehead atoms. The Morgan fingerprint density at radius 3 is 2.86 bits per heavy atom. The largest absolute Gasteiger partial charge is 0.371 e. The van der Waals surface area contributed by atoms with Crippen LogP contribution in [0.2, 0.25) is 0 Å². The highest BCUT2D eigenvalue weighted by atomic mass is 35.5. The van der Waals surface area contributed by atoms with E-state index in [4.69, 9.17) is 16.3 Å². The zero-order chi connectivity index (χ0) is 9.80. The van der Waals surface area contributed by atoms with Crippen LogP contribution >= 0.6 is 11.6 Å². The first-order valence-corrected chi connectivity index (χ1v) is 5.38. The van der Waals surface area contributed by atoms with E-state index in [1.807, 2.05) is 18.2 Å². The monoisotopic (exact) mass is 211 g/mol. The minimum absolute atomic E-state index is 0.184. The molecule has 2 nitrogen and oxygen atoms in total. The summed E-state index contributed by atoms with van der Waals surface area (Å²) in [5.74, 6) is 0. The summed E-state index contributed by atoms with van der Waals surface area (Å²) in [6.07, 6.45) is 0.184. The molecular weight excluding hydrogens is 198 g/mol. The van der Waals surface area contributed by atoms with Gasteiger partial charge in [-0.2, -0.15) is 0 Å². The lowest BCUT2D eigenvalue weighted by molar-refractivity contribution is -0.0236. The molecule has 76 valence electrons. The zero-order valence-corrected chi connectivity index (χ0v) is 8.78. The first-order chi connectivity index (χ1) is 6.90. The summed E-state index contributed by atoms with van der Waals surface area (Å²) < 4.78 is 5.70. The number of hydrogen-bond donors (Lipinski definition) is 0. The van der Waals surface area contributed by atoms with Crippen LogP contribution in [0.15, 0.2) is 30.3 Å². The number of nitrogens with zero attached hydrogens (tertiary/aromatic N) is 1. The highest BCUT2D eigenvalue weighted by Gasteiger charge is 2.20. The molecule has 1 heterocycles. The highest BCUT2D eigenvalue weighted by molar-refractivity contribution is 6.17. The molecule has 1 atom stereocenters. The van der Waals surface area contributed by atoms with Crippen molar-refractivity contribution in [1.29, 1.82) is 0 Å². The van der Waals surface area contributed by atoms with Crippen molar-refractivity contribution in [2.24, 2.45) is 0 Å². The van der Waals surface area contributed by atoms with Crippen LogP contribution in [-0.4, -0.2) is 30.6 Å². The van der Waals surface area contributed by atoms with Crippen molar-refractivity contribution in [1.82, 2.24) is 4.90 Å². The van der Waals surface area contributed by atoms with Gasteiger partial charge in [-0.15, -0.1) is 11.6 Å². The molecule has 3 heteroatoms. The number of rotatable bonds is 2. The summed E-state index contributed by atoms with van der Waals surface area (Å²) >= 11 is 5.80. The van der Waals surface area contributed by atoms with E-state index in [1.54, 1.807) is 0 Å². The van der Waals surface area contributed by atoms with Crippen LogP contribution < -0.4 is 0 Å². The van der Waals surface area contributed by atoms with Gasteiger partial charge in [-0.1, -0.05) is 30.3 Å². The molecule has 0 radical (unpaired) electrons. The quantitative estimate of drug-likeness (QED) is 0.550. The fourth-order valence-electron chi connectivity index (χ4n) is 1.68. The number of morpholine rings is 1. The Labute approximate surface area is 89.4 Å². The number of alkyl halides is 1. The van der Waals surface area contributed by atoms with E-state index in [2.05, 4.69) is 17.0 Å². The van der Waals surface area contributed by atoms with Gasteiger partial charge in [0.2, 0.25) is 0 Å². The van der Waals surface area contributed by atoms with Gasteiger partial charge in [0.25, 0.3) is 0 Å². The molecule has 14 heavy (non-hydrogen) atoms. The molecule has 0 aromatic heterocycles. The van der Waals surface area contributed by atoms with Gasteiger partial charge >= 0.3 is 0 Å². The number of benzene rings is 1. The summed E-state index contributed by atoms with van der Waals surface area (Å²) in [5.41, 5.74) is 1.24. The summed E-state index contributed by atoms with van der Waals surface area (Å²) in [6.45, 7) is 2.60. The SMILES string of the molecule is ClCN1CCOC(c2ccccc2)C1. The Kier molecular flexibility index (Phi) is 3.40. The third-order valence-corrected chi connectivity index (χ3v) is 2.83. The van der Waals surface area contributed by atoms with Crippen molar-refractivity contribution in [2.45, 2.75) is 6.10 Å². The van der Waals surface area contributed by atoms with Crippen LogP contribution in [-0.2, 0) is 4.74 Å². The fraction of sp³-hybridized carbons (Fsp3) is 0.455. The normalized spacial score (nSPS) is 23.6. The average molecular weight is 212 g/mol. The van der Waals surface area contributed by atoms with E-state index in [9.17, 15) is 0 Å². The maximum atomic E-state index is 5.80. The van der Waals surface area contributed by atoms with Crippen molar-refractivity contribution in [2.75, 3.05) is 25.7 Å². The predicted octanol–water partition coefficient (Wildman–Crippen LogP) is 2.26. The molecule has 1 aliphatic rings. The molecule has 1 saturated heterocycles. The van der Waals surface area contributed by atoms with Gasteiger partial charge in [0, 0.05) is 13.1 Å². The van der Waals surface area contributed by atoms with Crippen molar-refractivity contribution < 1.29 is 4.74 Å². The summed E-state index contributed by atoms with van der Waals surface area (Å²) in [7, 11) is 0. The third-order valence-electron chi connectivity index (χ3n) is 2.49. The topological polar surface area (TPSA) is 12.5 Å². The lowest BCUT2D eigenvalue weighted by Crippen LogP contribution is -2.37. The molecule has 0 aliphatic carbocycles.